The number of hydrogen-bond acceptors (Lipinski definition) is 2. The van der Waals surface area contributed by atoms with Crippen molar-refractivity contribution in [2.45, 2.75) is 20.0 Å². The van der Waals surface area contributed by atoms with Crippen molar-refractivity contribution in [2.24, 2.45) is 0 Å². The number of anilines is 1. The summed E-state index contributed by atoms with van der Waals surface area (Å²) in [6, 6.07) is 41.3. The number of aryl methyl sites for hydroxylation is 1. The van der Waals surface area contributed by atoms with Crippen molar-refractivity contribution in [3.8, 4) is 11.1 Å². The number of fused-ring (bicyclic) bond motifs is 6. The molecule has 0 saturated heterocycles. The largest absolute Gasteiger partial charge is 1.00 e. The molecule has 41 heavy (non-hydrogen) atoms. The van der Waals surface area contributed by atoms with Gasteiger partial charge in [0.25, 0.3) is 0 Å². The second-order valence-corrected chi connectivity index (χ2v) is 10.8. The van der Waals surface area contributed by atoms with Crippen LogP contribution in [-0.4, -0.2) is 6.17 Å². The normalized spacial score (nSPS) is 16.7. The van der Waals surface area contributed by atoms with Gasteiger partial charge in [0.15, 0.2) is 17.4 Å². The lowest BCUT2D eigenvalue weighted by atomic mass is 9.92. The SMILES string of the molecule is Cc1ccc2c(oc3c(-c4cc5ccccc5c5ccccc45)cccc32)c1[NH+]1C=CN(c2ccccc2)[C@H]1C.[I-]. The summed E-state index contributed by atoms with van der Waals surface area (Å²) in [6.45, 7) is 4.47. The lowest BCUT2D eigenvalue weighted by Gasteiger charge is -2.25. The summed E-state index contributed by atoms with van der Waals surface area (Å²) in [5, 5.41) is 7.34. The first-order valence-electron chi connectivity index (χ1n) is 13.9. The maximum Gasteiger partial charge on any atom is 0.196 e. The van der Waals surface area contributed by atoms with Gasteiger partial charge in [-0.1, -0.05) is 91.0 Å². The fraction of sp³-hybridized carbons (Fsp3) is 0.0811. The lowest BCUT2D eigenvalue weighted by Crippen LogP contribution is -3.06. The van der Waals surface area contributed by atoms with Crippen LogP contribution in [0.5, 0.6) is 0 Å². The molecule has 0 radical (unpaired) electrons. The standard InChI is InChI=1S/C37H28N2O.HI/c1-24-19-20-33-31-17-10-18-32(34-23-26-11-6-7-14-28(26)29-15-8-9-16-30(29)34)36(31)40-37(33)35(24)39-22-21-38(25(39)2)27-12-4-3-5-13-27;/h3-23,25H,1-2H3;1H/t25-;/m1./s1. The maximum absolute atomic E-state index is 6.94. The van der Waals surface area contributed by atoms with Crippen LogP contribution >= 0.6 is 0 Å². The third-order valence-electron chi connectivity index (χ3n) is 8.56. The van der Waals surface area contributed by atoms with E-state index in [2.05, 4.69) is 146 Å². The predicted molar refractivity (Wildman–Crippen MR) is 167 cm³/mol. The van der Waals surface area contributed by atoms with Crippen LogP contribution < -0.4 is 33.8 Å². The van der Waals surface area contributed by atoms with Crippen LogP contribution in [0, 0.1) is 6.92 Å². The zero-order chi connectivity index (χ0) is 26.8. The zero-order valence-corrected chi connectivity index (χ0v) is 25.1. The first-order valence-corrected chi connectivity index (χ1v) is 13.9. The molecule has 0 fully saturated rings. The van der Waals surface area contributed by atoms with E-state index in [1.807, 2.05) is 0 Å². The van der Waals surface area contributed by atoms with E-state index in [0.29, 0.717) is 0 Å². The topological polar surface area (TPSA) is 20.8 Å². The van der Waals surface area contributed by atoms with Crippen LogP contribution in [0.25, 0.3) is 54.6 Å². The Hall–Kier alpha value is -4.13. The molecule has 0 aliphatic carbocycles. The monoisotopic (exact) mass is 644 g/mol. The van der Waals surface area contributed by atoms with Crippen LogP contribution in [0.3, 0.4) is 0 Å². The summed E-state index contributed by atoms with van der Waals surface area (Å²) in [5.41, 5.74) is 7.87. The van der Waals surface area contributed by atoms with Crippen molar-refractivity contribution < 1.29 is 33.3 Å². The molecule has 3 nitrogen and oxygen atoms in total. The number of furan rings is 1. The first-order chi connectivity index (χ1) is 19.7. The number of benzene rings is 6. The zero-order valence-electron chi connectivity index (χ0n) is 22.9. The number of halogens is 1. The molecule has 2 heterocycles. The molecule has 2 atom stereocenters. The summed E-state index contributed by atoms with van der Waals surface area (Å²) >= 11 is 0. The van der Waals surface area contributed by atoms with Crippen LogP contribution in [0.2, 0.25) is 0 Å². The van der Waals surface area contributed by atoms with E-state index in [0.717, 1.165) is 27.5 Å². The Morgan fingerprint density at radius 2 is 1.32 bits per heavy atom. The summed E-state index contributed by atoms with van der Waals surface area (Å²) in [6.07, 6.45) is 4.65. The third kappa shape index (κ3) is 3.97. The molecule has 1 unspecified atom stereocenters. The second-order valence-electron chi connectivity index (χ2n) is 10.8. The van der Waals surface area contributed by atoms with Crippen LogP contribution in [-0.2, 0) is 0 Å². The van der Waals surface area contributed by atoms with Gasteiger partial charge in [-0.05, 0) is 58.3 Å². The average molecular weight is 645 g/mol. The number of rotatable bonds is 3. The van der Waals surface area contributed by atoms with Crippen LogP contribution in [0.15, 0.2) is 132 Å². The molecule has 4 heteroatoms. The molecule has 1 aliphatic rings. The highest BCUT2D eigenvalue weighted by Gasteiger charge is 2.33. The minimum Gasteiger partial charge on any atom is -1.00 e. The second kappa shape index (κ2) is 10.1. The van der Waals surface area contributed by atoms with Crippen LogP contribution in [0.4, 0.5) is 11.4 Å². The summed E-state index contributed by atoms with van der Waals surface area (Å²) in [7, 11) is 0. The Morgan fingerprint density at radius 1 is 0.634 bits per heavy atom. The molecule has 200 valence electrons. The van der Waals surface area contributed by atoms with Gasteiger partial charge in [0, 0.05) is 34.5 Å². The van der Waals surface area contributed by atoms with E-state index >= 15 is 0 Å². The van der Waals surface area contributed by atoms with Gasteiger partial charge < -0.3 is 28.4 Å². The molecule has 0 bridgehead atoms. The first kappa shape index (κ1) is 25.8. The predicted octanol–water partition coefficient (Wildman–Crippen LogP) is 5.73. The Morgan fingerprint density at radius 3 is 2.15 bits per heavy atom. The minimum absolute atomic E-state index is 0. The van der Waals surface area contributed by atoms with Gasteiger partial charge in [-0.15, -0.1) is 0 Å². The number of nitrogens with zero attached hydrogens (tertiary/aromatic N) is 1. The number of quaternary nitrogens is 1. The Balaban J connectivity index is 0.00000276. The fourth-order valence-corrected chi connectivity index (χ4v) is 6.59. The highest BCUT2D eigenvalue weighted by molar-refractivity contribution is 6.18. The van der Waals surface area contributed by atoms with E-state index in [1.54, 1.807) is 0 Å². The molecular formula is C37H29IN2O. The van der Waals surface area contributed by atoms with Gasteiger partial charge in [-0.25, -0.2) is 0 Å². The highest BCUT2D eigenvalue weighted by atomic mass is 127. The maximum atomic E-state index is 6.94. The van der Waals surface area contributed by atoms with Crippen molar-refractivity contribution in [1.29, 1.82) is 0 Å². The summed E-state index contributed by atoms with van der Waals surface area (Å²) in [5.74, 6) is 0. The van der Waals surface area contributed by atoms with Gasteiger partial charge in [-0.2, -0.15) is 0 Å². The molecule has 1 aliphatic heterocycles. The lowest BCUT2D eigenvalue weighted by molar-refractivity contribution is -0.794. The molecule has 6 aromatic carbocycles. The van der Waals surface area contributed by atoms with Gasteiger partial charge >= 0.3 is 0 Å². The van der Waals surface area contributed by atoms with E-state index in [-0.39, 0.29) is 30.1 Å². The van der Waals surface area contributed by atoms with Crippen molar-refractivity contribution in [3.63, 3.8) is 0 Å². The third-order valence-corrected chi connectivity index (χ3v) is 8.56. The molecule has 1 aromatic heterocycles. The molecule has 0 saturated carbocycles. The van der Waals surface area contributed by atoms with Crippen molar-refractivity contribution in [1.82, 2.24) is 0 Å². The number of nitrogens with one attached hydrogen (secondary N) is 1. The van der Waals surface area contributed by atoms with E-state index in [9.17, 15) is 0 Å². The molecule has 0 amide bonds. The van der Waals surface area contributed by atoms with Crippen molar-refractivity contribution >= 4 is 54.9 Å². The van der Waals surface area contributed by atoms with Crippen molar-refractivity contribution in [2.75, 3.05) is 4.90 Å². The minimum atomic E-state index is 0. The van der Waals surface area contributed by atoms with Crippen molar-refractivity contribution in [3.05, 3.63) is 133 Å². The average Bonchev–Trinajstić information content (AvgIpc) is 3.57. The van der Waals surface area contributed by atoms with E-state index in [1.165, 1.54) is 48.9 Å². The van der Waals surface area contributed by atoms with Gasteiger partial charge in [-0.3, -0.25) is 9.80 Å². The summed E-state index contributed by atoms with van der Waals surface area (Å²) < 4.78 is 6.94. The van der Waals surface area contributed by atoms with Gasteiger partial charge in [0.2, 0.25) is 0 Å². The number of hydrogen-bond donors (Lipinski definition) is 1. The van der Waals surface area contributed by atoms with E-state index in [4.69, 9.17) is 4.42 Å². The molecule has 1 N–H and O–H groups in total. The Bertz CT molecular complexity index is 2110. The Labute approximate surface area is 256 Å². The summed E-state index contributed by atoms with van der Waals surface area (Å²) in [4.78, 5) is 3.62. The highest BCUT2D eigenvalue weighted by Crippen LogP contribution is 2.42. The van der Waals surface area contributed by atoms with Gasteiger partial charge in [0.05, 0.1) is 6.20 Å². The van der Waals surface area contributed by atoms with Gasteiger partial charge in [0.1, 0.15) is 11.8 Å². The Kier molecular flexibility index (Phi) is 6.33. The molecule has 0 spiro atoms. The fourth-order valence-electron chi connectivity index (χ4n) is 6.59. The van der Waals surface area contributed by atoms with E-state index < -0.39 is 0 Å². The van der Waals surface area contributed by atoms with Crippen LogP contribution in [0.1, 0.15) is 12.5 Å². The molecule has 7 aromatic rings. The molecule has 8 rings (SSSR count). The number of para-hydroxylation sites is 2. The quantitative estimate of drug-likeness (QED) is 0.196. The molecular weight excluding hydrogens is 615 g/mol. The smallest absolute Gasteiger partial charge is 0.196 e.